The van der Waals surface area contributed by atoms with Gasteiger partial charge in [0.1, 0.15) is 12.0 Å². The first kappa shape index (κ1) is 25.7. The number of hydrogen-bond donors (Lipinski definition) is 0. The van der Waals surface area contributed by atoms with Gasteiger partial charge in [-0.05, 0) is 47.9 Å². The van der Waals surface area contributed by atoms with Crippen LogP contribution in [0.2, 0.25) is 36.3 Å². The molecule has 0 aromatic heterocycles. The molecule has 0 heterocycles. The lowest BCUT2D eigenvalue weighted by Crippen LogP contribution is -2.41. The smallest absolute Gasteiger partial charge is 0.250 e. The van der Waals surface area contributed by atoms with Gasteiger partial charge in [-0.15, -0.1) is 0 Å². The largest absolute Gasteiger partial charge is 0.546 e. The normalized spacial score (nSPS) is 14.3. The van der Waals surface area contributed by atoms with Crippen molar-refractivity contribution in [1.82, 2.24) is 0 Å². The van der Waals surface area contributed by atoms with Gasteiger partial charge in [-0.3, -0.25) is 0 Å². The molecule has 0 N–H and O–H groups in total. The maximum atomic E-state index is 6.53. The summed E-state index contributed by atoms with van der Waals surface area (Å²) in [5.74, 6) is 0.796. The van der Waals surface area contributed by atoms with Gasteiger partial charge in [0.15, 0.2) is 0 Å². The summed E-state index contributed by atoms with van der Waals surface area (Å²) in [5, 5.41) is 0.273. The molecule has 0 bridgehead atoms. The molecule has 29 heavy (non-hydrogen) atoms. The summed E-state index contributed by atoms with van der Waals surface area (Å²) >= 11 is 0. The van der Waals surface area contributed by atoms with E-state index < -0.39 is 16.6 Å². The summed E-state index contributed by atoms with van der Waals surface area (Å²) in [4.78, 5) is 0. The van der Waals surface area contributed by atoms with Crippen LogP contribution in [0.5, 0.6) is 0 Å². The fourth-order valence-electron chi connectivity index (χ4n) is 1.91. The van der Waals surface area contributed by atoms with E-state index in [1.165, 1.54) is 5.56 Å². The molecule has 1 aromatic carbocycles. The van der Waals surface area contributed by atoms with Crippen molar-refractivity contribution in [1.29, 1.82) is 0 Å². The summed E-state index contributed by atoms with van der Waals surface area (Å²) in [6, 6.07) is 10.2. The molecule has 0 spiro atoms. The molecular weight excluding hydrogens is 392 g/mol. The fraction of sp³-hybridized carbons (Fsp3) is 0.583. The molecule has 0 saturated carbocycles. The molecule has 5 heteroatoms. The number of rotatable bonds is 9. The Bertz CT molecular complexity index is 678. The SMILES string of the molecule is CC(C)(C)[Si](C)(C)O/C=C(/C=C/COCc1ccccc1)O[Si](C)(C)C(C)(C)C. The second-order valence-electron chi connectivity index (χ2n) is 10.7. The zero-order chi connectivity index (χ0) is 22.3. The van der Waals surface area contributed by atoms with Crippen molar-refractivity contribution in [3.05, 3.63) is 60.1 Å². The number of benzene rings is 1. The third-order valence-corrected chi connectivity index (χ3v) is 14.7. The van der Waals surface area contributed by atoms with Crippen molar-refractivity contribution in [2.45, 2.75) is 84.4 Å². The lowest BCUT2D eigenvalue weighted by Gasteiger charge is -2.38. The van der Waals surface area contributed by atoms with Crippen LogP contribution in [0.3, 0.4) is 0 Å². The fourth-order valence-corrected chi connectivity index (χ4v) is 3.69. The van der Waals surface area contributed by atoms with Crippen molar-refractivity contribution >= 4 is 16.6 Å². The minimum Gasteiger partial charge on any atom is -0.546 e. The summed E-state index contributed by atoms with van der Waals surface area (Å²) in [7, 11) is -3.85. The topological polar surface area (TPSA) is 27.7 Å². The van der Waals surface area contributed by atoms with E-state index in [1.54, 1.807) is 0 Å². The van der Waals surface area contributed by atoms with Gasteiger partial charge in [0.05, 0.1) is 13.2 Å². The van der Waals surface area contributed by atoms with Crippen LogP contribution in [0, 0.1) is 0 Å². The molecule has 1 rings (SSSR count). The van der Waals surface area contributed by atoms with Crippen LogP contribution in [-0.2, 0) is 20.2 Å². The molecule has 0 saturated heterocycles. The minimum absolute atomic E-state index is 0.126. The molecule has 0 radical (unpaired) electrons. The van der Waals surface area contributed by atoms with E-state index in [1.807, 2.05) is 36.6 Å². The van der Waals surface area contributed by atoms with Crippen LogP contribution in [0.1, 0.15) is 47.1 Å². The molecule has 1 aromatic rings. The van der Waals surface area contributed by atoms with E-state index >= 15 is 0 Å². The average molecular weight is 435 g/mol. The molecule has 0 fully saturated rings. The lowest BCUT2D eigenvalue weighted by atomic mass is 10.2. The first-order valence-electron chi connectivity index (χ1n) is 10.5. The van der Waals surface area contributed by atoms with Gasteiger partial charge < -0.3 is 13.6 Å². The Balaban J connectivity index is 2.85. The highest BCUT2D eigenvalue weighted by molar-refractivity contribution is 6.74. The van der Waals surface area contributed by atoms with Crippen LogP contribution < -0.4 is 0 Å². The summed E-state index contributed by atoms with van der Waals surface area (Å²) in [6.07, 6.45) is 5.85. The Hall–Kier alpha value is -1.31. The molecule has 0 aliphatic carbocycles. The van der Waals surface area contributed by atoms with E-state index in [9.17, 15) is 0 Å². The van der Waals surface area contributed by atoms with Gasteiger partial charge >= 0.3 is 0 Å². The lowest BCUT2D eigenvalue weighted by molar-refractivity contribution is 0.148. The molecule has 0 aliphatic rings. The molecular formula is C24H42O3Si2. The van der Waals surface area contributed by atoms with Crippen molar-refractivity contribution < 1.29 is 13.6 Å². The van der Waals surface area contributed by atoms with Crippen LogP contribution in [-0.4, -0.2) is 23.2 Å². The van der Waals surface area contributed by atoms with E-state index in [-0.39, 0.29) is 10.1 Å². The maximum absolute atomic E-state index is 6.53. The van der Waals surface area contributed by atoms with Crippen LogP contribution in [0.4, 0.5) is 0 Å². The molecule has 0 atom stereocenters. The van der Waals surface area contributed by atoms with Crippen molar-refractivity contribution in [3.8, 4) is 0 Å². The predicted octanol–water partition coefficient (Wildman–Crippen LogP) is 7.64. The first-order valence-corrected chi connectivity index (χ1v) is 16.3. The Kier molecular flexibility index (Phi) is 8.99. The van der Waals surface area contributed by atoms with E-state index in [0.29, 0.717) is 13.2 Å². The van der Waals surface area contributed by atoms with Gasteiger partial charge in [0.25, 0.3) is 8.32 Å². The summed E-state index contributed by atoms with van der Waals surface area (Å²) < 4.78 is 18.6. The molecule has 3 nitrogen and oxygen atoms in total. The zero-order valence-corrected chi connectivity index (χ0v) is 22.3. The van der Waals surface area contributed by atoms with E-state index in [4.69, 9.17) is 13.6 Å². The minimum atomic E-state index is -1.96. The standard InChI is InChI=1S/C24H42O3Si2/c1-23(2,3)28(7,8)26-20-22(27-29(9,10)24(4,5)6)17-14-18-25-19-21-15-12-11-13-16-21/h11-17,20H,18-19H2,1-10H3/b17-14+,22-20-. The van der Waals surface area contributed by atoms with Crippen LogP contribution >= 0.6 is 0 Å². The third kappa shape index (κ3) is 8.53. The quantitative estimate of drug-likeness (QED) is 0.173. The van der Waals surface area contributed by atoms with Crippen molar-refractivity contribution in [3.63, 3.8) is 0 Å². The predicted molar refractivity (Wildman–Crippen MR) is 130 cm³/mol. The highest BCUT2D eigenvalue weighted by Crippen LogP contribution is 2.39. The highest BCUT2D eigenvalue weighted by Gasteiger charge is 2.40. The Labute approximate surface area is 181 Å². The highest BCUT2D eigenvalue weighted by atomic mass is 28.4. The maximum Gasteiger partial charge on any atom is 0.250 e. The van der Waals surface area contributed by atoms with Crippen LogP contribution in [0.25, 0.3) is 0 Å². The molecule has 0 amide bonds. The van der Waals surface area contributed by atoms with Gasteiger partial charge in [-0.25, -0.2) is 0 Å². The van der Waals surface area contributed by atoms with Crippen molar-refractivity contribution in [2.75, 3.05) is 6.61 Å². The first-order chi connectivity index (χ1) is 13.2. The Morgan fingerprint density at radius 2 is 1.41 bits per heavy atom. The van der Waals surface area contributed by atoms with E-state index in [2.05, 4.69) is 79.9 Å². The zero-order valence-electron chi connectivity index (χ0n) is 20.3. The van der Waals surface area contributed by atoms with Gasteiger partial charge in [-0.2, -0.15) is 0 Å². The number of allylic oxidation sites excluding steroid dienone is 1. The summed E-state index contributed by atoms with van der Waals surface area (Å²) in [6.45, 7) is 23.6. The molecule has 0 aliphatic heterocycles. The Morgan fingerprint density at radius 1 is 0.862 bits per heavy atom. The number of ether oxygens (including phenoxy) is 1. The second-order valence-corrected chi connectivity index (χ2v) is 20.1. The van der Waals surface area contributed by atoms with Crippen molar-refractivity contribution in [2.24, 2.45) is 0 Å². The second kappa shape index (κ2) is 10.1. The molecule has 164 valence electrons. The van der Waals surface area contributed by atoms with Gasteiger partial charge in [-0.1, -0.05) is 78.0 Å². The molecule has 0 unspecified atom stereocenters. The summed E-state index contributed by atoms with van der Waals surface area (Å²) in [5.41, 5.74) is 1.18. The van der Waals surface area contributed by atoms with E-state index in [0.717, 1.165) is 5.76 Å². The monoisotopic (exact) mass is 434 g/mol. The van der Waals surface area contributed by atoms with Gasteiger partial charge in [0, 0.05) is 0 Å². The number of hydrogen-bond acceptors (Lipinski definition) is 3. The van der Waals surface area contributed by atoms with Crippen LogP contribution in [0.15, 0.2) is 54.5 Å². The Morgan fingerprint density at radius 3 is 1.93 bits per heavy atom. The van der Waals surface area contributed by atoms with Gasteiger partial charge in [0.2, 0.25) is 8.32 Å². The third-order valence-electron chi connectivity index (χ3n) is 6.06. The average Bonchev–Trinajstić information content (AvgIpc) is 2.58.